The van der Waals surface area contributed by atoms with E-state index in [-0.39, 0.29) is 18.4 Å². The topological polar surface area (TPSA) is 74.2 Å². The molecule has 0 saturated heterocycles. The first-order chi connectivity index (χ1) is 9.79. The van der Waals surface area contributed by atoms with Crippen molar-refractivity contribution in [1.82, 2.24) is 10.1 Å². The number of halogens is 1. The predicted molar refractivity (Wildman–Crippen MR) is 80.7 cm³/mol. The van der Waals surface area contributed by atoms with Crippen molar-refractivity contribution >= 4 is 12.4 Å². The van der Waals surface area contributed by atoms with Crippen LogP contribution in [0.15, 0.2) is 22.7 Å². The summed E-state index contributed by atoms with van der Waals surface area (Å²) in [4.78, 5) is 4.55. The van der Waals surface area contributed by atoms with Crippen LogP contribution in [0.5, 0.6) is 5.75 Å². The lowest BCUT2D eigenvalue weighted by Crippen LogP contribution is -2.14. The monoisotopic (exact) mass is 307 g/mol. The van der Waals surface area contributed by atoms with E-state index in [9.17, 15) is 0 Å². The Morgan fingerprint density at radius 1 is 1.24 bits per heavy atom. The molecule has 0 bridgehead atoms. The minimum Gasteiger partial charge on any atom is -0.493 e. The summed E-state index contributed by atoms with van der Waals surface area (Å²) >= 11 is 0. The second-order valence-electron chi connectivity index (χ2n) is 5.65. The van der Waals surface area contributed by atoms with E-state index in [1.54, 1.807) is 0 Å². The zero-order chi connectivity index (χ0) is 13.5. The summed E-state index contributed by atoms with van der Waals surface area (Å²) in [6.45, 7) is 0.760. The van der Waals surface area contributed by atoms with Gasteiger partial charge in [0, 0.05) is 23.9 Å². The van der Waals surface area contributed by atoms with E-state index < -0.39 is 0 Å². The molecule has 4 rings (SSSR count). The molecular formula is C15H18ClN3O2. The van der Waals surface area contributed by atoms with E-state index in [1.807, 2.05) is 12.1 Å². The van der Waals surface area contributed by atoms with E-state index >= 15 is 0 Å². The number of nitrogens with zero attached hydrogens (tertiary/aromatic N) is 2. The van der Waals surface area contributed by atoms with E-state index in [2.05, 4.69) is 16.2 Å². The molecule has 5 nitrogen and oxygen atoms in total. The van der Waals surface area contributed by atoms with Crippen LogP contribution in [0.1, 0.15) is 36.6 Å². The summed E-state index contributed by atoms with van der Waals surface area (Å²) in [6, 6.07) is 6.34. The highest BCUT2D eigenvalue weighted by Gasteiger charge is 2.28. The molecule has 1 aromatic carbocycles. The van der Waals surface area contributed by atoms with Crippen LogP contribution in [0.3, 0.4) is 0 Å². The maximum Gasteiger partial charge on any atom is 0.230 e. The lowest BCUT2D eigenvalue weighted by molar-refractivity contribution is 0.353. The van der Waals surface area contributed by atoms with Gasteiger partial charge in [0.05, 0.1) is 6.61 Å². The van der Waals surface area contributed by atoms with Gasteiger partial charge in [0.15, 0.2) is 0 Å². The summed E-state index contributed by atoms with van der Waals surface area (Å²) in [7, 11) is 0. The van der Waals surface area contributed by atoms with Crippen LogP contribution in [0.4, 0.5) is 0 Å². The maximum absolute atomic E-state index is 5.94. The SMILES string of the molecule is Cl.NC1CCC(c2nc(-c3ccc4c(c3)CCO4)no2)C1. The van der Waals surface area contributed by atoms with E-state index in [4.69, 9.17) is 15.0 Å². The van der Waals surface area contributed by atoms with Gasteiger partial charge in [0.1, 0.15) is 5.75 Å². The van der Waals surface area contributed by atoms with E-state index in [1.165, 1.54) is 5.56 Å². The summed E-state index contributed by atoms with van der Waals surface area (Å²) in [5.41, 5.74) is 8.15. The number of nitrogens with two attached hydrogens (primary N) is 1. The van der Waals surface area contributed by atoms with Crippen LogP contribution in [0.25, 0.3) is 11.4 Å². The van der Waals surface area contributed by atoms with Crippen molar-refractivity contribution in [2.45, 2.75) is 37.6 Å². The number of fused-ring (bicyclic) bond motifs is 1. The van der Waals surface area contributed by atoms with E-state index in [0.29, 0.717) is 11.7 Å². The molecule has 2 aromatic rings. The fraction of sp³-hybridized carbons (Fsp3) is 0.467. The highest BCUT2D eigenvalue weighted by molar-refractivity contribution is 5.85. The number of aromatic nitrogens is 2. The Hall–Kier alpha value is -1.59. The summed E-state index contributed by atoms with van der Waals surface area (Å²) in [5, 5.41) is 4.11. The summed E-state index contributed by atoms with van der Waals surface area (Å²) < 4.78 is 10.9. The van der Waals surface area contributed by atoms with Crippen LogP contribution in [0, 0.1) is 0 Å². The molecule has 1 saturated carbocycles. The van der Waals surface area contributed by atoms with Crippen LogP contribution < -0.4 is 10.5 Å². The van der Waals surface area contributed by atoms with Gasteiger partial charge in [-0.3, -0.25) is 0 Å². The average Bonchev–Trinajstić information content (AvgIpc) is 3.17. The fourth-order valence-corrected chi connectivity index (χ4v) is 3.08. The van der Waals surface area contributed by atoms with Gasteiger partial charge in [-0.25, -0.2) is 0 Å². The Morgan fingerprint density at radius 2 is 2.14 bits per heavy atom. The second-order valence-corrected chi connectivity index (χ2v) is 5.65. The molecule has 2 unspecified atom stereocenters. The third-order valence-electron chi connectivity index (χ3n) is 4.21. The first kappa shape index (κ1) is 14.4. The first-order valence-corrected chi connectivity index (χ1v) is 7.15. The van der Waals surface area contributed by atoms with Gasteiger partial charge in [-0.2, -0.15) is 4.98 Å². The molecular weight excluding hydrogens is 290 g/mol. The highest BCUT2D eigenvalue weighted by Crippen LogP contribution is 2.34. The number of rotatable bonds is 2. The molecule has 0 radical (unpaired) electrons. The molecule has 2 N–H and O–H groups in total. The molecule has 112 valence electrons. The lowest BCUT2D eigenvalue weighted by Gasteiger charge is -2.02. The van der Waals surface area contributed by atoms with Crippen molar-refractivity contribution in [1.29, 1.82) is 0 Å². The highest BCUT2D eigenvalue weighted by atomic mass is 35.5. The third kappa shape index (κ3) is 2.63. The van der Waals surface area contributed by atoms with Crippen molar-refractivity contribution in [3.8, 4) is 17.1 Å². The van der Waals surface area contributed by atoms with E-state index in [0.717, 1.165) is 49.5 Å². The Morgan fingerprint density at radius 3 is 2.95 bits per heavy atom. The zero-order valence-electron chi connectivity index (χ0n) is 11.6. The summed E-state index contributed by atoms with van der Waals surface area (Å²) in [6.07, 6.45) is 3.98. The number of ether oxygens (including phenoxy) is 1. The fourth-order valence-electron chi connectivity index (χ4n) is 3.08. The normalized spacial score (nSPS) is 23.5. The van der Waals surface area contributed by atoms with Crippen molar-refractivity contribution < 1.29 is 9.26 Å². The molecule has 1 fully saturated rings. The average molecular weight is 308 g/mol. The quantitative estimate of drug-likeness (QED) is 0.923. The standard InChI is InChI=1S/C15H17N3O2.ClH/c16-12-3-1-11(8-12)15-17-14(18-20-15)10-2-4-13-9(7-10)5-6-19-13;/h2,4,7,11-12H,1,3,5-6,8,16H2;1H. The third-order valence-corrected chi connectivity index (χ3v) is 4.21. The molecule has 0 amide bonds. The van der Waals surface area contributed by atoms with Crippen LogP contribution in [0.2, 0.25) is 0 Å². The molecule has 1 aliphatic carbocycles. The van der Waals surface area contributed by atoms with Gasteiger partial charge in [0.2, 0.25) is 11.7 Å². The number of hydrogen-bond acceptors (Lipinski definition) is 5. The Balaban J connectivity index is 0.00000132. The van der Waals surface area contributed by atoms with Crippen molar-refractivity contribution in [2.75, 3.05) is 6.61 Å². The van der Waals surface area contributed by atoms with Crippen molar-refractivity contribution in [2.24, 2.45) is 5.73 Å². The van der Waals surface area contributed by atoms with Gasteiger partial charge < -0.3 is 15.0 Å². The number of benzene rings is 1. The maximum atomic E-state index is 5.94. The minimum atomic E-state index is 0. The van der Waals surface area contributed by atoms with Gasteiger partial charge in [0.25, 0.3) is 0 Å². The molecule has 21 heavy (non-hydrogen) atoms. The second kappa shape index (κ2) is 5.66. The molecule has 2 aliphatic rings. The van der Waals surface area contributed by atoms with Crippen molar-refractivity contribution in [3.05, 3.63) is 29.7 Å². The Labute approximate surface area is 129 Å². The number of hydrogen-bond donors (Lipinski definition) is 1. The first-order valence-electron chi connectivity index (χ1n) is 7.15. The Kier molecular flexibility index (Phi) is 3.87. The van der Waals surface area contributed by atoms with Gasteiger partial charge in [-0.1, -0.05) is 5.16 Å². The smallest absolute Gasteiger partial charge is 0.230 e. The van der Waals surface area contributed by atoms with Crippen LogP contribution >= 0.6 is 12.4 Å². The summed E-state index contributed by atoms with van der Waals surface area (Å²) in [5.74, 6) is 2.68. The van der Waals surface area contributed by atoms with Gasteiger partial charge >= 0.3 is 0 Å². The van der Waals surface area contributed by atoms with Crippen molar-refractivity contribution in [3.63, 3.8) is 0 Å². The van der Waals surface area contributed by atoms with Crippen LogP contribution in [-0.2, 0) is 6.42 Å². The Bertz CT molecular complexity index is 644. The molecule has 0 spiro atoms. The molecule has 1 aliphatic heterocycles. The largest absolute Gasteiger partial charge is 0.493 e. The van der Waals surface area contributed by atoms with Gasteiger partial charge in [-0.05, 0) is 43.0 Å². The minimum absolute atomic E-state index is 0. The predicted octanol–water partition coefficient (Wildman–Crippen LogP) is 2.69. The zero-order valence-corrected chi connectivity index (χ0v) is 12.4. The van der Waals surface area contributed by atoms with Gasteiger partial charge in [-0.15, -0.1) is 12.4 Å². The molecule has 2 heterocycles. The molecule has 1 aromatic heterocycles. The van der Waals surface area contributed by atoms with Crippen LogP contribution in [-0.4, -0.2) is 22.8 Å². The molecule has 2 atom stereocenters. The lowest BCUT2D eigenvalue weighted by atomic mass is 10.1. The molecule has 6 heteroatoms.